The summed E-state index contributed by atoms with van der Waals surface area (Å²) in [4.78, 5) is 4.40. The third kappa shape index (κ3) is 4.85. The van der Waals surface area contributed by atoms with Crippen molar-refractivity contribution in [2.45, 2.75) is 31.9 Å². The Bertz CT molecular complexity index is 485. The van der Waals surface area contributed by atoms with Crippen molar-refractivity contribution >= 4 is 17.3 Å². The minimum absolute atomic E-state index is 0.538. The molecule has 4 nitrogen and oxygen atoms in total. The third-order valence-electron chi connectivity index (χ3n) is 4.01. The van der Waals surface area contributed by atoms with Crippen LogP contribution < -0.4 is 10.2 Å². The summed E-state index contributed by atoms with van der Waals surface area (Å²) in [6.07, 6.45) is 2.49. The molecule has 1 saturated heterocycles. The highest BCUT2D eigenvalue weighted by molar-refractivity contribution is 6.31. The SMILES string of the molecule is CN(C)CC(C)(O)CNCc1c(Cl)cccc1N1CCCC1. The number of hydrogen-bond donors (Lipinski definition) is 2. The van der Waals surface area contributed by atoms with Crippen LogP contribution in [-0.2, 0) is 6.54 Å². The highest BCUT2D eigenvalue weighted by atomic mass is 35.5. The van der Waals surface area contributed by atoms with E-state index in [1.165, 1.54) is 18.5 Å². The first-order chi connectivity index (χ1) is 10.4. The fourth-order valence-corrected chi connectivity index (χ4v) is 3.41. The summed E-state index contributed by atoms with van der Waals surface area (Å²) in [5.41, 5.74) is 1.61. The molecule has 0 spiro atoms. The normalized spacial score (nSPS) is 18.0. The molecule has 0 bridgehead atoms. The highest BCUT2D eigenvalue weighted by Gasteiger charge is 2.22. The van der Waals surface area contributed by atoms with Gasteiger partial charge in [0.15, 0.2) is 0 Å². The lowest BCUT2D eigenvalue weighted by atomic mass is 10.1. The molecule has 2 N–H and O–H groups in total. The van der Waals surface area contributed by atoms with Gasteiger partial charge < -0.3 is 20.2 Å². The maximum absolute atomic E-state index is 10.4. The number of anilines is 1. The maximum atomic E-state index is 10.4. The van der Waals surface area contributed by atoms with Gasteiger partial charge in [0, 0.05) is 49.0 Å². The Labute approximate surface area is 139 Å². The topological polar surface area (TPSA) is 38.7 Å². The van der Waals surface area contributed by atoms with Crippen molar-refractivity contribution in [3.05, 3.63) is 28.8 Å². The smallest absolute Gasteiger partial charge is 0.0869 e. The Kier molecular flexibility index (Phi) is 6.09. The quantitative estimate of drug-likeness (QED) is 0.807. The molecule has 0 aliphatic carbocycles. The van der Waals surface area contributed by atoms with Gasteiger partial charge in [-0.2, -0.15) is 0 Å². The summed E-state index contributed by atoms with van der Waals surface area (Å²) in [7, 11) is 3.93. The van der Waals surface area contributed by atoms with E-state index in [9.17, 15) is 5.11 Å². The van der Waals surface area contributed by atoms with Crippen molar-refractivity contribution in [2.75, 3.05) is 45.2 Å². The van der Waals surface area contributed by atoms with Crippen molar-refractivity contribution in [3.8, 4) is 0 Å². The van der Waals surface area contributed by atoms with E-state index in [2.05, 4.69) is 16.3 Å². The molecule has 124 valence electrons. The first kappa shape index (κ1) is 17.5. The van der Waals surface area contributed by atoms with Crippen LogP contribution in [0.4, 0.5) is 5.69 Å². The second kappa shape index (κ2) is 7.64. The van der Waals surface area contributed by atoms with Gasteiger partial charge in [-0.1, -0.05) is 17.7 Å². The van der Waals surface area contributed by atoms with Crippen LogP contribution in [0.2, 0.25) is 5.02 Å². The highest BCUT2D eigenvalue weighted by Crippen LogP contribution is 2.29. The number of benzene rings is 1. The van der Waals surface area contributed by atoms with Crippen molar-refractivity contribution in [1.82, 2.24) is 10.2 Å². The molecule has 1 atom stereocenters. The van der Waals surface area contributed by atoms with Crippen LogP contribution in [0.25, 0.3) is 0 Å². The Morgan fingerprint density at radius 3 is 2.64 bits per heavy atom. The van der Waals surface area contributed by atoms with Crippen LogP contribution in [0.5, 0.6) is 0 Å². The van der Waals surface area contributed by atoms with Crippen molar-refractivity contribution in [3.63, 3.8) is 0 Å². The number of aliphatic hydroxyl groups is 1. The van der Waals surface area contributed by atoms with E-state index in [4.69, 9.17) is 11.6 Å². The predicted molar refractivity (Wildman–Crippen MR) is 93.8 cm³/mol. The Hall–Kier alpha value is -0.810. The van der Waals surface area contributed by atoms with Crippen LogP contribution in [0.3, 0.4) is 0 Å². The number of halogens is 1. The molecule has 0 amide bonds. The number of nitrogens with one attached hydrogen (secondary N) is 1. The van der Waals surface area contributed by atoms with Crippen LogP contribution in [0.1, 0.15) is 25.3 Å². The van der Waals surface area contributed by atoms with E-state index in [0.29, 0.717) is 19.6 Å². The fourth-order valence-electron chi connectivity index (χ4n) is 3.17. The molecule has 1 aliphatic heterocycles. The molecule has 1 unspecified atom stereocenters. The van der Waals surface area contributed by atoms with Gasteiger partial charge in [-0.3, -0.25) is 0 Å². The zero-order valence-electron chi connectivity index (χ0n) is 13.9. The average Bonchev–Trinajstić information content (AvgIpc) is 2.92. The van der Waals surface area contributed by atoms with Gasteiger partial charge in [0.2, 0.25) is 0 Å². The summed E-state index contributed by atoms with van der Waals surface area (Å²) in [5.74, 6) is 0. The Balaban J connectivity index is 2.00. The second-order valence-corrected chi connectivity index (χ2v) is 7.18. The molecule has 5 heteroatoms. The maximum Gasteiger partial charge on any atom is 0.0869 e. The molecule has 1 fully saturated rings. The lowest BCUT2D eigenvalue weighted by Crippen LogP contribution is -2.45. The van der Waals surface area contributed by atoms with E-state index in [1.54, 1.807) is 0 Å². The van der Waals surface area contributed by atoms with Gasteiger partial charge in [0.25, 0.3) is 0 Å². The molecule has 1 aromatic rings. The zero-order chi connectivity index (χ0) is 16.2. The van der Waals surface area contributed by atoms with Crippen molar-refractivity contribution in [2.24, 2.45) is 0 Å². The van der Waals surface area contributed by atoms with Crippen LogP contribution in [0.15, 0.2) is 18.2 Å². The predicted octanol–water partition coefficient (Wildman–Crippen LogP) is 2.34. The molecule has 22 heavy (non-hydrogen) atoms. The summed E-state index contributed by atoms with van der Waals surface area (Å²) >= 11 is 6.40. The Morgan fingerprint density at radius 2 is 2.00 bits per heavy atom. The van der Waals surface area contributed by atoms with Crippen molar-refractivity contribution in [1.29, 1.82) is 0 Å². The first-order valence-electron chi connectivity index (χ1n) is 7.99. The van der Waals surface area contributed by atoms with E-state index in [0.717, 1.165) is 23.7 Å². The summed E-state index contributed by atoms with van der Waals surface area (Å²) in [6.45, 7) is 5.90. The van der Waals surface area contributed by atoms with Crippen LogP contribution in [0, 0.1) is 0 Å². The number of rotatable bonds is 7. The van der Waals surface area contributed by atoms with E-state index in [1.807, 2.05) is 38.1 Å². The molecular formula is C17H28ClN3O. The molecule has 0 radical (unpaired) electrons. The molecule has 1 aromatic carbocycles. The minimum atomic E-state index is -0.751. The van der Waals surface area contributed by atoms with Gasteiger partial charge in [-0.15, -0.1) is 0 Å². The van der Waals surface area contributed by atoms with E-state index < -0.39 is 5.60 Å². The number of hydrogen-bond acceptors (Lipinski definition) is 4. The molecule has 0 saturated carbocycles. The lowest BCUT2D eigenvalue weighted by molar-refractivity contribution is 0.0336. The van der Waals surface area contributed by atoms with Crippen LogP contribution >= 0.6 is 11.6 Å². The molecular weight excluding hydrogens is 298 g/mol. The van der Waals surface area contributed by atoms with Crippen LogP contribution in [-0.4, -0.2) is 55.9 Å². The standard InChI is InChI=1S/C17H28ClN3O/c1-17(22,13-20(2)3)12-19-11-14-15(18)7-6-8-16(14)21-9-4-5-10-21/h6-8,19,22H,4-5,9-13H2,1-3H3. The monoisotopic (exact) mass is 325 g/mol. The minimum Gasteiger partial charge on any atom is -0.388 e. The first-order valence-corrected chi connectivity index (χ1v) is 8.37. The van der Waals surface area contributed by atoms with Gasteiger partial charge in [-0.25, -0.2) is 0 Å². The van der Waals surface area contributed by atoms with Crippen molar-refractivity contribution < 1.29 is 5.11 Å². The Morgan fingerprint density at radius 1 is 1.32 bits per heavy atom. The van der Waals surface area contributed by atoms with E-state index in [-0.39, 0.29) is 0 Å². The zero-order valence-corrected chi connectivity index (χ0v) is 14.7. The third-order valence-corrected chi connectivity index (χ3v) is 4.36. The van der Waals surface area contributed by atoms with Gasteiger partial charge in [-0.05, 0) is 46.0 Å². The van der Waals surface area contributed by atoms with Gasteiger partial charge >= 0.3 is 0 Å². The van der Waals surface area contributed by atoms with Gasteiger partial charge in [0.05, 0.1) is 5.60 Å². The summed E-state index contributed by atoms with van der Waals surface area (Å²) < 4.78 is 0. The molecule has 2 rings (SSSR count). The van der Waals surface area contributed by atoms with E-state index >= 15 is 0 Å². The largest absolute Gasteiger partial charge is 0.388 e. The number of nitrogens with zero attached hydrogens (tertiary/aromatic N) is 2. The molecule has 1 heterocycles. The molecule has 0 aromatic heterocycles. The lowest BCUT2D eigenvalue weighted by Gasteiger charge is -2.28. The summed E-state index contributed by atoms with van der Waals surface area (Å²) in [5, 5.41) is 14.5. The fraction of sp³-hybridized carbons (Fsp3) is 0.647. The average molecular weight is 326 g/mol. The summed E-state index contributed by atoms with van der Waals surface area (Å²) in [6, 6.07) is 6.10. The second-order valence-electron chi connectivity index (χ2n) is 6.77. The number of likely N-dealkylation sites (N-methyl/N-ethyl adjacent to an activating group) is 1. The van der Waals surface area contributed by atoms with Gasteiger partial charge in [0.1, 0.15) is 0 Å². The molecule has 1 aliphatic rings.